The molecule has 1 aliphatic rings. The zero-order valence-electron chi connectivity index (χ0n) is 11.5. The monoisotopic (exact) mass is 274 g/mol. The standard InChI is InChI=1S/C15H18N2O3/c1-2-13-16-14-11(15(18)19)6-3-7-12(14)17(13)9-10-5-4-8-20-10/h3,6-7,10H,2,4-5,8-9H2,1H3,(H,18,19). The highest BCUT2D eigenvalue weighted by Gasteiger charge is 2.21. The van der Waals surface area contributed by atoms with Gasteiger partial charge in [-0.2, -0.15) is 0 Å². The molecule has 1 aliphatic heterocycles. The lowest BCUT2D eigenvalue weighted by Gasteiger charge is -2.13. The summed E-state index contributed by atoms with van der Waals surface area (Å²) in [5.74, 6) is -0.00998. The Bertz CT molecular complexity index is 642. The maximum Gasteiger partial charge on any atom is 0.337 e. The van der Waals surface area contributed by atoms with E-state index in [4.69, 9.17) is 4.74 Å². The van der Waals surface area contributed by atoms with Crippen molar-refractivity contribution in [1.82, 2.24) is 9.55 Å². The van der Waals surface area contributed by atoms with Gasteiger partial charge in [-0.15, -0.1) is 0 Å². The number of nitrogens with zero attached hydrogens (tertiary/aromatic N) is 2. The van der Waals surface area contributed by atoms with E-state index in [-0.39, 0.29) is 11.7 Å². The first kappa shape index (κ1) is 13.1. The summed E-state index contributed by atoms with van der Waals surface area (Å²) in [6, 6.07) is 5.31. The van der Waals surface area contributed by atoms with Crippen LogP contribution in [0, 0.1) is 0 Å². The molecule has 2 heterocycles. The molecule has 1 fully saturated rings. The largest absolute Gasteiger partial charge is 0.478 e. The third-order valence-corrected chi connectivity index (χ3v) is 3.81. The summed E-state index contributed by atoms with van der Waals surface area (Å²) in [7, 11) is 0. The van der Waals surface area contributed by atoms with Gasteiger partial charge >= 0.3 is 5.97 Å². The molecular weight excluding hydrogens is 256 g/mol. The minimum Gasteiger partial charge on any atom is -0.478 e. The van der Waals surface area contributed by atoms with Crippen molar-refractivity contribution in [2.75, 3.05) is 6.61 Å². The second-order valence-corrected chi connectivity index (χ2v) is 5.11. The van der Waals surface area contributed by atoms with Gasteiger partial charge in [0.2, 0.25) is 0 Å². The summed E-state index contributed by atoms with van der Waals surface area (Å²) in [5.41, 5.74) is 1.73. The van der Waals surface area contributed by atoms with Crippen LogP contribution in [0.15, 0.2) is 18.2 Å². The molecule has 0 aliphatic carbocycles. The van der Waals surface area contributed by atoms with Crippen LogP contribution in [0.25, 0.3) is 11.0 Å². The summed E-state index contributed by atoms with van der Waals surface area (Å²) in [4.78, 5) is 15.8. The molecule has 1 saturated heterocycles. The topological polar surface area (TPSA) is 64.3 Å². The fourth-order valence-electron chi connectivity index (χ4n) is 2.83. The van der Waals surface area contributed by atoms with Crippen LogP contribution < -0.4 is 0 Å². The fourth-order valence-corrected chi connectivity index (χ4v) is 2.83. The molecule has 1 N–H and O–H groups in total. The second kappa shape index (κ2) is 5.25. The number of imidazole rings is 1. The Morgan fingerprint density at radius 3 is 3.05 bits per heavy atom. The molecule has 5 heteroatoms. The van der Waals surface area contributed by atoms with Gasteiger partial charge in [-0.25, -0.2) is 9.78 Å². The first-order chi connectivity index (χ1) is 9.70. The van der Waals surface area contributed by atoms with Gasteiger partial charge in [-0.3, -0.25) is 0 Å². The van der Waals surface area contributed by atoms with E-state index in [1.165, 1.54) is 0 Å². The number of fused-ring (bicyclic) bond motifs is 1. The van der Waals surface area contributed by atoms with Gasteiger partial charge in [0.05, 0.1) is 23.7 Å². The highest BCUT2D eigenvalue weighted by molar-refractivity contribution is 6.01. The highest BCUT2D eigenvalue weighted by atomic mass is 16.5. The molecule has 1 unspecified atom stereocenters. The molecule has 5 nitrogen and oxygen atoms in total. The van der Waals surface area contributed by atoms with Crippen molar-refractivity contribution in [3.8, 4) is 0 Å². The number of hydrogen-bond donors (Lipinski definition) is 1. The molecule has 1 aromatic carbocycles. The van der Waals surface area contributed by atoms with E-state index < -0.39 is 5.97 Å². The van der Waals surface area contributed by atoms with Crippen molar-refractivity contribution >= 4 is 17.0 Å². The van der Waals surface area contributed by atoms with E-state index in [1.54, 1.807) is 12.1 Å². The minimum atomic E-state index is -0.931. The smallest absolute Gasteiger partial charge is 0.337 e. The van der Waals surface area contributed by atoms with Crippen molar-refractivity contribution in [1.29, 1.82) is 0 Å². The van der Waals surface area contributed by atoms with Crippen LogP contribution in [0.5, 0.6) is 0 Å². The first-order valence-corrected chi connectivity index (χ1v) is 7.03. The number of aromatic nitrogens is 2. The maximum atomic E-state index is 11.3. The lowest BCUT2D eigenvalue weighted by Crippen LogP contribution is -2.16. The highest BCUT2D eigenvalue weighted by Crippen LogP contribution is 2.23. The molecule has 0 radical (unpaired) electrons. The zero-order valence-corrected chi connectivity index (χ0v) is 11.5. The lowest BCUT2D eigenvalue weighted by atomic mass is 10.2. The molecule has 20 heavy (non-hydrogen) atoms. The van der Waals surface area contributed by atoms with Gasteiger partial charge < -0.3 is 14.4 Å². The minimum absolute atomic E-state index is 0.214. The Kier molecular flexibility index (Phi) is 3.44. The van der Waals surface area contributed by atoms with E-state index in [0.29, 0.717) is 5.52 Å². The molecule has 0 amide bonds. The molecule has 1 aromatic heterocycles. The summed E-state index contributed by atoms with van der Waals surface area (Å²) in [6.45, 7) is 3.61. The van der Waals surface area contributed by atoms with Crippen molar-refractivity contribution in [3.63, 3.8) is 0 Å². The van der Waals surface area contributed by atoms with Crippen LogP contribution >= 0.6 is 0 Å². The van der Waals surface area contributed by atoms with E-state index in [9.17, 15) is 9.90 Å². The van der Waals surface area contributed by atoms with Crippen molar-refractivity contribution in [2.24, 2.45) is 0 Å². The predicted molar refractivity (Wildman–Crippen MR) is 75.0 cm³/mol. The number of hydrogen-bond acceptors (Lipinski definition) is 3. The molecule has 1 atom stereocenters. The summed E-state index contributed by atoms with van der Waals surface area (Å²) >= 11 is 0. The van der Waals surface area contributed by atoms with E-state index in [0.717, 1.165) is 43.8 Å². The van der Waals surface area contributed by atoms with Crippen LogP contribution in [0.2, 0.25) is 0 Å². The Morgan fingerprint density at radius 1 is 1.55 bits per heavy atom. The van der Waals surface area contributed by atoms with Gasteiger partial charge in [0.25, 0.3) is 0 Å². The molecular formula is C15H18N2O3. The van der Waals surface area contributed by atoms with Gasteiger partial charge in [-0.05, 0) is 25.0 Å². The molecule has 0 spiro atoms. The van der Waals surface area contributed by atoms with Crippen molar-refractivity contribution in [2.45, 2.75) is 38.8 Å². The number of rotatable bonds is 4. The van der Waals surface area contributed by atoms with Crippen molar-refractivity contribution in [3.05, 3.63) is 29.6 Å². The molecule has 0 saturated carbocycles. The first-order valence-electron chi connectivity index (χ1n) is 7.03. The summed E-state index contributed by atoms with van der Waals surface area (Å²) in [5, 5.41) is 9.27. The normalized spacial score (nSPS) is 18.8. The predicted octanol–water partition coefficient (Wildman–Crippen LogP) is 2.48. The Morgan fingerprint density at radius 2 is 2.40 bits per heavy atom. The second-order valence-electron chi connectivity index (χ2n) is 5.11. The van der Waals surface area contributed by atoms with E-state index >= 15 is 0 Å². The number of aryl methyl sites for hydroxylation is 1. The van der Waals surface area contributed by atoms with Gasteiger partial charge in [0, 0.05) is 13.0 Å². The number of benzene rings is 1. The number of aromatic carboxylic acids is 1. The summed E-state index contributed by atoms with van der Waals surface area (Å²) in [6.07, 6.45) is 3.15. The quantitative estimate of drug-likeness (QED) is 0.930. The number of para-hydroxylation sites is 1. The number of ether oxygens (including phenoxy) is 1. The average molecular weight is 274 g/mol. The maximum absolute atomic E-state index is 11.3. The summed E-state index contributed by atoms with van der Waals surface area (Å²) < 4.78 is 7.80. The van der Waals surface area contributed by atoms with E-state index in [1.807, 2.05) is 13.0 Å². The molecule has 106 valence electrons. The van der Waals surface area contributed by atoms with Gasteiger partial charge in [0.15, 0.2) is 0 Å². The third kappa shape index (κ3) is 2.18. The molecule has 0 bridgehead atoms. The Balaban J connectivity index is 2.09. The van der Waals surface area contributed by atoms with Crippen molar-refractivity contribution < 1.29 is 14.6 Å². The lowest BCUT2D eigenvalue weighted by molar-refractivity contribution is 0.0699. The number of carboxylic acid groups (broad SMARTS) is 1. The Hall–Kier alpha value is -1.88. The SMILES string of the molecule is CCc1nc2c(C(=O)O)cccc2n1CC1CCCO1. The van der Waals surface area contributed by atoms with Crippen LogP contribution in [-0.2, 0) is 17.7 Å². The molecule has 2 aromatic rings. The number of carboxylic acids is 1. The molecule has 3 rings (SSSR count). The number of carbonyl (C=O) groups is 1. The fraction of sp³-hybridized carbons (Fsp3) is 0.467. The van der Waals surface area contributed by atoms with Gasteiger partial charge in [-0.1, -0.05) is 13.0 Å². The third-order valence-electron chi connectivity index (χ3n) is 3.81. The van der Waals surface area contributed by atoms with Crippen LogP contribution in [0.3, 0.4) is 0 Å². The van der Waals surface area contributed by atoms with E-state index in [2.05, 4.69) is 9.55 Å². The van der Waals surface area contributed by atoms with Gasteiger partial charge in [0.1, 0.15) is 11.3 Å². The zero-order chi connectivity index (χ0) is 14.1. The van der Waals surface area contributed by atoms with Crippen LogP contribution in [-0.4, -0.2) is 33.3 Å². The average Bonchev–Trinajstić information content (AvgIpc) is 3.06. The van der Waals surface area contributed by atoms with Crippen LogP contribution in [0.4, 0.5) is 0 Å². The van der Waals surface area contributed by atoms with Crippen LogP contribution in [0.1, 0.15) is 35.9 Å². The Labute approximate surface area is 117 Å².